The highest BCUT2D eigenvalue weighted by atomic mass is 14.7. The van der Waals surface area contributed by atoms with E-state index < -0.39 is 0 Å². The van der Waals surface area contributed by atoms with E-state index in [0.29, 0.717) is 5.92 Å². The lowest BCUT2D eigenvalue weighted by atomic mass is 9.91. The van der Waals surface area contributed by atoms with Crippen molar-refractivity contribution in [3.8, 4) is 0 Å². The maximum atomic E-state index is 6.39. The SMILES string of the molecule is NC(Cc1ccccn1)C1CCc2ccccc21. The third-order valence-corrected chi connectivity index (χ3v) is 3.87. The number of aromatic nitrogens is 1. The monoisotopic (exact) mass is 238 g/mol. The summed E-state index contributed by atoms with van der Waals surface area (Å²) in [5.74, 6) is 0.489. The molecule has 2 N–H and O–H groups in total. The third-order valence-electron chi connectivity index (χ3n) is 3.87. The van der Waals surface area contributed by atoms with Gasteiger partial charge in [0.1, 0.15) is 0 Å². The molecule has 0 amide bonds. The first-order chi connectivity index (χ1) is 8.84. The van der Waals surface area contributed by atoms with Gasteiger partial charge in [-0.05, 0) is 42.0 Å². The molecular formula is C16H18N2. The van der Waals surface area contributed by atoms with Gasteiger partial charge < -0.3 is 5.73 Å². The molecule has 2 aromatic rings. The molecule has 1 aliphatic rings. The van der Waals surface area contributed by atoms with Crippen molar-refractivity contribution >= 4 is 0 Å². The fourth-order valence-electron chi connectivity index (χ4n) is 2.94. The van der Waals surface area contributed by atoms with Gasteiger partial charge in [-0.25, -0.2) is 0 Å². The Bertz CT molecular complexity index is 522. The molecule has 0 bridgehead atoms. The van der Waals surface area contributed by atoms with Crippen LogP contribution in [-0.2, 0) is 12.8 Å². The summed E-state index contributed by atoms with van der Waals surface area (Å²) in [7, 11) is 0. The van der Waals surface area contributed by atoms with E-state index in [9.17, 15) is 0 Å². The Kier molecular flexibility index (Phi) is 3.11. The van der Waals surface area contributed by atoms with Crippen LogP contribution in [0.15, 0.2) is 48.7 Å². The van der Waals surface area contributed by atoms with Crippen LogP contribution in [0.1, 0.15) is 29.2 Å². The molecule has 3 rings (SSSR count). The molecule has 1 aliphatic carbocycles. The minimum atomic E-state index is 0.170. The molecule has 2 nitrogen and oxygen atoms in total. The molecular weight excluding hydrogens is 220 g/mol. The van der Waals surface area contributed by atoms with Gasteiger partial charge in [0.05, 0.1) is 0 Å². The van der Waals surface area contributed by atoms with Crippen LogP contribution in [0.4, 0.5) is 0 Å². The number of hydrogen-bond donors (Lipinski definition) is 1. The number of hydrogen-bond acceptors (Lipinski definition) is 2. The van der Waals surface area contributed by atoms with Crippen molar-refractivity contribution in [2.24, 2.45) is 5.73 Å². The molecule has 2 unspecified atom stereocenters. The summed E-state index contributed by atoms with van der Waals surface area (Å²) in [6, 6.07) is 14.9. The maximum absolute atomic E-state index is 6.39. The number of nitrogens with zero attached hydrogens (tertiary/aromatic N) is 1. The number of nitrogens with two attached hydrogens (primary N) is 1. The summed E-state index contributed by atoms with van der Waals surface area (Å²) in [6.45, 7) is 0. The first-order valence-corrected chi connectivity index (χ1v) is 6.58. The molecule has 0 spiro atoms. The largest absolute Gasteiger partial charge is 0.327 e. The fourth-order valence-corrected chi connectivity index (χ4v) is 2.94. The highest BCUT2D eigenvalue weighted by Gasteiger charge is 2.27. The van der Waals surface area contributed by atoms with Gasteiger partial charge >= 0.3 is 0 Å². The predicted octanol–water partition coefficient (Wildman–Crippen LogP) is 2.68. The van der Waals surface area contributed by atoms with Crippen molar-refractivity contribution in [1.29, 1.82) is 0 Å². The predicted molar refractivity (Wildman–Crippen MR) is 73.4 cm³/mol. The lowest BCUT2D eigenvalue weighted by Gasteiger charge is -2.20. The van der Waals surface area contributed by atoms with E-state index in [1.807, 2.05) is 18.3 Å². The van der Waals surface area contributed by atoms with Gasteiger partial charge in [-0.1, -0.05) is 30.3 Å². The summed E-state index contributed by atoms with van der Waals surface area (Å²) in [5, 5.41) is 0. The average Bonchev–Trinajstić information content (AvgIpc) is 2.84. The number of benzene rings is 1. The Balaban J connectivity index is 1.77. The number of aryl methyl sites for hydroxylation is 1. The van der Waals surface area contributed by atoms with Gasteiger partial charge in [0.25, 0.3) is 0 Å². The Morgan fingerprint density at radius 1 is 1.17 bits per heavy atom. The molecule has 0 saturated heterocycles. The third kappa shape index (κ3) is 2.16. The maximum Gasteiger partial charge on any atom is 0.0419 e. The average molecular weight is 238 g/mol. The van der Waals surface area contributed by atoms with Crippen molar-refractivity contribution in [1.82, 2.24) is 4.98 Å². The van der Waals surface area contributed by atoms with E-state index in [0.717, 1.165) is 18.5 Å². The van der Waals surface area contributed by atoms with Gasteiger partial charge in [0.2, 0.25) is 0 Å². The van der Waals surface area contributed by atoms with Crippen LogP contribution < -0.4 is 5.73 Å². The van der Waals surface area contributed by atoms with Crippen LogP contribution in [0.2, 0.25) is 0 Å². The van der Waals surface area contributed by atoms with Crippen molar-refractivity contribution in [3.05, 3.63) is 65.5 Å². The van der Waals surface area contributed by atoms with Gasteiger partial charge in [-0.3, -0.25) is 4.98 Å². The van der Waals surface area contributed by atoms with Crippen molar-refractivity contribution in [2.75, 3.05) is 0 Å². The van der Waals surface area contributed by atoms with Gasteiger partial charge in [-0.2, -0.15) is 0 Å². The first kappa shape index (κ1) is 11.4. The first-order valence-electron chi connectivity index (χ1n) is 6.58. The van der Waals surface area contributed by atoms with Crippen LogP contribution in [-0.4, -0.2) is 11.0 Å². The van der Waals surface area contributed by atoms with Gasteiger partial charge in [0.15, 0.2) is 0 Å². The number of pyridine rings is 1. The summed E-state index contributed by atoms with van der Waals surface area (Å²) in [6.07, 6.45) is 5.04. The second kappa shape index (κ2) is 4.91. The van der Waals surface area contributed by atoms with E-state index in [1.165, 1.54) is 17.5 Å². The van der Waals surface area contributed by atoms with E-state index in [2.05, 4.69) is 35.3 Å². The standard InChI is InChI=1S/C16H18N2/c17-16(11-13-6-3-4-10-18-13)15-9-8-12-5-1-2-7-14(12)15/h1-7,10,15-16H,8-9,11,17H2. The van der Waals surface area contributed by atoms with E-state index in [-0.39, 0.29) is 6.04 Å². The zero-order chi connectivity index (χ0) is 12.4. The number of fused-ring (bicyclic) bond motifs is 1. The van der Waals surface area contributed by atoms with Crippen LogP contribution >= 0.6 is 0 Å². The molecule has 92 valence electrons. The molecule has 0 saturated carbocycles. The van der Waals surface area contributed by atoms with Crippen LogP contribution in [0.25, 0.3) is 0 Å². The van der Waals surface area contributed by atoms with E-state index >= 15 is 0 Å². The Labute approximate surface area is 108 Å². The molecule has 2 atom stereocenters. The molecule has 1 aromatic heterocycles. The zero-order valence-electron chi connectivity index (χ0n) is 10.4. The molecule has 18 heavy (non-hydrogen) atoms. The summed E-state index contributed by atoms with van der Waals surface area (Å²) in [5.41, 5.74) is 10.4. The molecule has 1 aromatic carbocycles. The Hall–Kier alpha value is -1.67. The second-order valence-corrected chi connectivity index (χ2v) is 5.03. The molecule has 1 heterocycles. The minimum absolute atomic E-state index is 0.170. The quantitative estimate of drug-likeness (QED) is 0.893. The number of rotatable bonds is 3. The van der Waals surface area contributed by atoms with Crippen LogP contribution in [0.3, 0.4) is 0 Å². The Morgan fingerprint density at radius 2 is 2.00 bits per heavy atom. The highest BCUT2D eigenvalue weighted by molar-refractivity contribution is 5.36. The van der Waals surface area contributed by atoms with Crippen LogP contribution in [0.5, 0.6) is 0 Å². The second-order valence-electron chi connectivity index (χ2n) is 5.03. The lowest BCUT2D eigenvalue weighted by Crippen LogP contribution is -2.29. The summed E-state index contributed by atoms with van der Waals surface area (Å²) < 4.78 is 0. The van der Waals surface area contributed by atoms with Crippen LogP contribution in [0, 0.1) is 0 Å². The topological polar surface area (TPSA) is 38.9 Å². The zero-order valence-corrected chi connectivity index (χ0v) is 10.4. The van der Waals surface area contributed by atoms with E-state index in [1.54, 1.807) is 0 Å². The summed E-state index contributed by atoms with van der Waals surface area (Å²) in [4.78, 5) is 4.37. The molecule has 0 radical (unpaired) electrons. The summed E-state index contributed by atoms with van der Waals surface area (Å²) >= 11 is 0. The molecule has 0 aliphatic heterocycles. The van der Waals surface area contributed by atoms with Gasteiger partial charge in [0, 0.05) is 24.4 Å². The lowest BCUT2D eigenvalue weighted by molar-refractivity contribution is 0.520. The van der Waals surface area contributed by atoms with Gasteiger partial charge in [-0.15, -0.1) is 0 Å². The molecule has 0 fully saturated rings. The molecule has 2 heteroatoms. The Morgan fingerprint density at radius 3 is 2.83 bits per heavy atom. The van der Waals surface area contributed by atoms with Crippen molar-refractivity contribution in [2.45, 2.75) is 31.2 Å². The normalized spacial score (nSPS) is 19.5. The fraction of sp³-hybridized carbons (Fsp3) is 0.312. The smallest absolute Gasteiger partial charge is 0.0419 e. The van der Waals surface area contributed by atoms with E-state index in [4.69, 9.17) is 5.73 Å². The van der Waals surface area contributed by atoms with Crippen molar-refractivity contribution < 1.29 is 0 Å². The highest BCUT2D eigenvalue weighted by Crippen LogP contribution is 2.35. The van der Waals surface area contributed by atoms with Crippen molar-refractivity contribution in [3.63, 3.8) is 0 Å². The minimum Gasteiger partial charge on any atom is -0.327 e.